The molecule has 0 radical (unpaired) electrons. The van der Waals surface area contributed by atoms with E-state index in [2.05, 4.69) is 40.7 Å². The van der Waals surface area contributed by atoms with Crippen LogP contribution in [0.5, 0.6) is 0 Å². The third-order valence-electron chi connectivity index (χ3n) is 6.74. The summed E-state index contributed by atoms with van der Waals surface area (Å²) in [5.74, 6) is 2.48. The van der Waals surface area contributed by atoms with Gasteiger partial charge in [0, 0.05) is 6.61 Å². The van der Waals surface area contributed by atoms with Crippen molar-refractivity contribution in [3.8, 4) is 0 Å². The highest BCUT2D eigenvalue weighted by molar-refractivity contribution is 4.97. The Morgan fingerprint density at radius 3 is 1.82 bits per heavy atom. The zero-order chi connectivity index (χ0) is 25.9. The van der Waals surface area contributed by atoms with Crippen molar-refractivity contribution in [2.75, 3.05) is 19.8 Å². The van der Waals surface area contributed by atoms with Crippen LogP contribution in [0.2, 0.25) is 0 Å². The van der Waals surface area contributed by atoms with Gasteiger partial charge >= 0.3 is 0 Å². The summed E-state index contributed by atoms with van der Waals surface area (Å²) in [5, 5.41) is 47.2. The third-order valence-corrected chi connectivity index (χ3v) is 6.74. The number of hydrogen-bond acceptors (Lipinski definition) is 6. The molecule has 0 fully saturated rings. The smallest absolute Gasteiger partial charge is 0.111 e. The van der Waals surface area contributed by atoms with Gasteiger partial charge in [-0.25, -0.2) is 0 Å². The van der Waals surface area contributed by atoms with Gasteiger partial charge in [0.15, 0.2) is 0 Å². The lowest BCUT2D eigenvalue weighted by Gasteiger charge is -2.25. The van der Waals surface area contributed by atoms with Gasteiger partial charge in [-0.2, -0.15) is 0 Å². The molecule has 0 aliphatic rings. The topological polar surface area (TPSA) is 110 Å². The van der Waals surface area contributed by atoms with Crippen molar-refractivity contribution in [1.29, 1.82) is 0 Å². The van der Waals surface area contributed by atoms with Crippen molar-refractivity contribution in [2.24, 2.45) is 17.8 Å². The van der Waals surface area contributed by atoms with E-state index in [-0.39, 0.29) is 6.61 Å². The van der Waals surface area contributed by atoms with E-state index in [1.165, 1.54) is 56.9 Å². The third kappa shape index (κ3) is 17.9. The fourth-order valence-corrected chi connectivity index (χ4v) is 4.21. The number of unbranched alkanes of at least 4 members (excludes halogenated alkanes) is 1. The molecule has 204 valence electrons. The van der Waals surface area contributed by atoms with Gasteiger partial charge < -0.3 is 30.3 Å². The predicted molar refractivity (Wildman–Crippen MR) is 140 cm³/mol. The molecule has 0 aromatic heterocycles. The van der Waals surface area contributed by atoms with E-state index in [0.717, 1.165) is 37.0 Å². The maximum absolute atomic E-state index is 9.81. The summed E-state index contributed by atoms with van der Waals surface area (Å²) in [6.45, 7) is 11.2. The average Bonchev–Trinajstić information content (AvgIpc) is 2.79. The Kier molecular flexibility index (Phi) is 20.4. The van der Waals surface area contributed by atoms with Crippen LogP contribution in [-0.4, -0.2) is 69.8 Å². The molecule has 6 atom stereocenters. The molecule has 0 aromatic rings. The molecule has 0 bridgehead atoms. The molecular weight excluding hydrogens is 432 g/mol. The van der Waals surface area contributed by atoms with E-state index >= 15 is 0 Å². The first-order valence-corrected chi connectivity index (χ1v) is 13.6. The van der Waals surface area contributed by atoms with Gasteiger partial charge in [-0.3, -0.25) is 0 Å². The first-order chi connectivity index (χ1) is 16.1. The van der Waals surface area contributed by atoms with Crippen LogP contribution in [0.4, 0.5) is 0 Å². The Morgan fingerprint density at radius 1 is 0.735 bits per heavy atom. The molecule has 0 aliphatic heterocycles. The van der Waals surface area contributed by atoms with Crippen molar-refractivity contribution in [3.63, 3.8) is 0 Å². The highest BCUT2D eigenvalue weighted by Gasteiger charge is 2.29. The van der Waals surface area contributed by atoms with Gasteiger partial charge in [0.25, 0.3) is 0 Å². The summed E-state index contributed by atoms with van der Waals surface area (Å²) < 4.78 is 5.37. The Labute approximate surface area is 209 Å². The monoisotopic (exact) mass is 488 g/mol. The minimum absolute atomic E-state index is 0.131. The molecule has 6 heteroatoms. The molecule has 34 heavy (non-hydrogen) atoms. The summed E-state index contributed by atoms with van der Waals surface area (Å²) >= 11 is 0. The van der Waals surface area contributed by atoms with E-state index in [4.69, 9.17) is 9.84 Å². The quantitative estimate of drug-likeness (QED) is 0.112. The van der Waals surface area contributed by atoms with Crippen molar-refractivity contribution in [2.45, 2.75) is 130 Å². The van der Waals surface area contributed by atoms with Crippen molar-refractivity contribution >= 4 is 0 Å². The maximum Gasteiger partial charge on any atom is 0.111 e. The summed E-state index contributed by atoms with van der Waals surface area (Å²) in [6.07, 6.45) is 9.80. The van der Waals surface area contributed by atoms with Crippen LogP contribution in [0.1, 0.15) is 105 Å². The molecule has 2 unspecified atom stereocenters. The van der Waals surface area contributed by atoms with Crippen molar-refractivity contribution < 1.29 is 30.3 Å². The second kappa shape index (κ2) is 20.7. The molecule has 0 saturated carbocycles. The second-order valence-corrected chi connectivity index (χ2v) is 10.9. The minimum Gasteiger partial charge on any atom is -0.394 e. The van der Waals surface area contributed by atoms with E-state index in [9.17, 15) is 20.4 Å². The lowest BCUT2D eigenvalue weighted by atomic mass is 9.91. The number of allylic oxidation sites excluding steroid dienone is 2. The lowest BCUT2D eigenvalue weighted by molar-refractivity contribution is -0.129. The van der Waals surface area contributed by atoms with E-state index in [0.29, 0.717) is 6.61 Å². The summed E-state index contributed by atoms with van der Waals surface area (Å²) in [7, 11) is 0. The van der Waals surface area contributed by atoms with Gasteiger partial charge in [0.1, 0.15) is 24.4 Å². The number of hydrogen-bond donors (Lipinski definition) is 5. The predicted octanol–water partition coefficient (Wildman–Crippen LogP) is 4.60. The van der Waals surface area contributed by atoms with Crippen molar-refractivity contribution in [1.82, 2.24) is 0 Å². The molecule has 0 rings (SSSR count). The largest absolute Gasteiger partial charge is 0.394 e. The summed E-state index contributed by atoms with van der Waals surface area (Å²) in [5.41, 5.74) is 1.41. The van der Waals surface area contributed by atoms with E-state index < -0.39 is 31.0 Å². The molecule has 5 N–H and O–H groups in total. The van der Waals surface area contributed by atoms with E-state index in [1.807, 2.05) is 0 Å². The fraction of sp³-hybridized carbons (Fsp3) is 0.929. The van der Waals surface area contributed by atoms with Gasteiger partial charge in [-0.15, -0.1) is 0 Å². The SMILES string of the molecule is CC(=CCCCOC[C@@H](O)[C@H](O)[C@@H](O)[C@@H](O)CO)CCCC(C)CCCC(C)CCCC(C)C. The highest BCUT2D eigenvalue weighted by atomic mass is 16.5. The maximum atomic E-state index is 9.81. The number of aliphatic hydroxyl groups excluding tert-OH is 5. The molecule has 0 amide bonds. The molecule has 6 nitrogen and oxygen atoms in total. The fourth-order valence-electron chi connectivity index (χ4n) is 4.21. The minimum atomic E-state index is -1.61. The first kappa shape index (κ1) is 33.5. The zero-order valence-electron chi connectivity index (χ0n) is 22.7. The molecule has 0 heterocycles. The Hall–Kier alpha value is -0.500. The number of rotatable bonds is 22. The number of ether oxygens (including phenoxy) is 1. The number of aliphatic hydroxyl groups is 5. The molecule has 0 spiro atoms. The second-order valence-electron chi connectivity index (χ2n) is 10.9. The van der Waals surface area contributed by atoms with Gasteiger partial charge in [0.2, 0.25) is 0 Å². The van der Waals surface area contributed by atoms with E-state index in [1.54, 1.807) is 0 Å². The zero-order valence-corrected chi connectivity index (χ0v) is 22.7. The van der Waals surface area contributed by atoms with Crippen molar-refractivity contribution in [3.05, 3.63) is 11.6 Å². The first-order valence-electron chi connectivity index (χ1n) is 13.6. The molecular formula is C28H56O6. The molecule has 0 saturated heterocycles. The highest BCUT2D eigenvalue weighted by Crippen LogP contribution is 2.22. The van der Waals surface area contributed by atoms with Crippen LogP contribution >= 0.6 is 0 Å². The van der Waals surface area contributed by atoms with Crippen LogP contribution < -0.4 is 0 Å². The van der Waals surface area contributed by atoms with Crippen LogP contribution in [0.15, 0.2) is 11.6 Å². The standard InChI is InChI=1S/C28H56O6/c1-21(2)11-8-13-23(4)15-10-17-24(5)16-9-14-22(3)12-6-7-18-34-20-26(31)28(33)27(32)25(30)19-29/h12,21,23-33H,6-11,13-20H2,1-5H3/t23?,24?,25-,26+,27-,28-/m0/s1. The lowest BCUT2D eigenvalue weighted by Crippen LogP contribution is -2.47. The Morgan fingerprint density at radius 2 is 1.26 bits per heavy atom. The van der Waals surface area contributed by atoms with Gasteiger partial charge in [-0.1, -0.05) is 84.3 Å². The van der Waals surface area contributed by atoms with Crippen LogP contribution in [0.25, 0.3) is 0 Å². The average molecular weight is 489 g/mol. The van der Waals surface area contributed by atoms with Crippen LogP contribution in [0, 0.1) is 17.8 Å². The molecule has 0 aromatic carbocycles. The van der Waals surface area contributed by atoms with Gasteiger partial charge in [-0.05, 0) is 50.4 Å². The summed E-state index contributed by atoms with van der Waals surface area (Å²) in [4.78, 5) is 0. The Bertz CT molecular complexity index is 495. The summed E-state index contributed by atoms with van der Waals surface area (Å²) in [6, 6.07) is 0. The van der Waals surface area contributed by atoms with Crippen LogP contribution in [-0.2, 0) is 4.74 Å². The van der Waals surface area contributed by atoms with Crippen LogP contribution in [0.3, 0.4) is 0 Å². The normalized spacial score (nSPS) is 18.0. The van der Waals surface area contributed by atoms with Gasteiger partial charge in [0.05, 0.1) is 13.2 Å². The Balaban J connectivity index is 3.78. The molecule has 0 aliphatic carbocycles.